The normalized spacial score (nSPS) is 15.5. The van der Waals surface area contributed by atoms with Crippen LogP contribution in [-0.2, 0) is 13.1 Å². The molecule has 2 amide bonds. The molecule has 3 rings (SSSR count). The Balaban J connectivity index is 1.44. The van der Waals surface area contributed by atoms with Gasteiger partial charge in [0, 0.05) is 44.1 Å². The van der Waals surface area contributed by atoms with Gasteiger partial charge in [-0.2, -0.15) is 0 Å². The maximum atomic E-state index is 13.5. The van der Waals surface area contributed by atoms with Crippen LogP contribution in [0.15, 0.2) is 35.7 Å². The number of nitrogens with zero attached hydrogens (tertiary/aromatic N) is 2. The molecular weight excluding hydrogens is 325 g/mol. The van der Waals surface area contributed by atoms with Crippen molar-refractivity contribution in [3.63, 3.8) is 0 Å². The van der Waals surface area contributed by atoms with Gasteiger partial charge in [-0.25, -0.2) is 9.18 Å². The first-order valence-electron chi connectivity index (χ1n) is 8.14. The van der Waals surface area contributed by atoms with Gasteiger partial charge in [-0.05, 0) is 35.6 Å². The number of nitrogens with one attached hydrogen (secondary N) is 1. The number of carbonyl (C=O) groups is 1. The van der Waals surface area contributed by atoms with Crippen LogP contribution in [0.1, 0.15) is 16.0 Å². The van der Waals surface area contributed by atoms with Crippen LogP contribution in [0.5, 0.6) is 0 Å². The Bertz CT molecular complexity index is 682. The molecule has 0 saturated carbocycles. The third kappa shape index (κ3) is 4.33. The number of aryl methyl sites for hydroxylation is 1. The van der Waals surface area contributed by atoms with Crippen LogP contribution in [0.2, 0.25) is 0 Å². The van der Waals surface area contributed by atoms with Crippen LogP contribution >= 0.6 is 11.3 Å². The van der Waals surface area contributed by atoms with Crippen molar-refractivity contribution in [1.29, 1.82) is 0 Å². The second-order valence-corrected chi connectivity index (χ2v) is 7.12. The zero-order valence-corrected chi connectivity index (χ0v) is 14.6. The Morgan fingerprint density at radius 3 is 2.71 bits per heavy atom. The quantitative estimate of drug-likeness (QED) is 0.922. The summed E-state index contributed by atoms with van der Waals surface area (Å²) in [5, 5.41) is 4.97. The predicted molar refractivity (Wildman–Crippen MR) is 94.5 cm³/mol. The van der Waals surface area contributed by atoms with Gasteiger partial charge in [-0.1, -0.05) is 18.2 Å². The average molecular weight is 347 g/mol. The number of hydrogen-bond donors (Lipinski definition) is 1. The highest BCUT2D eigenvalue weighted by atomic mass is 32.1. The van der Waals surface area contributed by atoms with Crippen molar-refractivity contribution in [2.75, 3.05) is 26.2 Å². The van der Waals surface area contributed by atoms with Crippen molar-refractivity contribution in [2.45, 2.75) is 20.0 Å². The average Bonchev–Trinajstić information content (AvgIpc) is 3.09. The van der Waals surface area contributed by atoms with Crippen LogP contribution in [0.3, 0.4) is 0 Å². The second-order valence-electron chi connectivity index (χ2n) is 6.08. The summed E-state index contributed by atoms with van der Waals surface area (Å²) >= 11 is 1.77. The fourth-order valence-electron chi connectivity index (χ4n) is 2.77. The number of benzene rings is 1. The Morgan fingerprint density at radius 2 is 2.04 bits per heavy atom. The van der Waals surface area contributed by atoms with Crippen LogP contribution in [0, 0.1) is 12.7 Å². The molecule has 1 N–H and O–H groups in total. The zero-order valence-electron chi connectivity index (χ0n) is 13.8. The van der Waals surface area contributed by atoms with E-state index in [2.05, 4.69) is 27.7 Å². The summed E-state index contributed by atoms with van der Waals surface area (Å²) < 4.78 is 13.5. The lowest BCUT2D eigenvalue weighted by atomic mass is 10.1. The summed E-state index contributed by atoms with van der Waals surface area (Å²) in [5.74, 6) is -0.232. The van der Waals surface area contributed by atoms with E-state index in [0.717, 1.165) is 38.3 Å². The minimum Gasteiger partial charge on any atom is -0.334 e. The highest BCUT2D eigenvalue weighted by Crippen LogP contribution is 2.14. The Labute approximate surface area is 145 Å². The lowest BCUT2D eigenvalue weighted by Gasteiger charge is -2.34. The van der Waals surface area contributed by atoms with Gasteiger partial charge >= 0.3 is 6.03 Å². The van der Waals surface area contributed by atoms with E-state index in [1.54, 1.807) is 24.3 Å². The molecule has 24 heavy (non-hydrogen) atoms. The largest absolute Gasteiger partial charge is 0.334 e. The van der Waals surface area contributed by atoms with Crippen molar-refractivity contribution in [1.82, 2.24) is 15.1 Å². The van der Waals surface area contributed by atoms with E-state index >= 15 is 0 Å². The van der Waals surface area contributed by atoms with E-state index < -0.39 is 0 Å². The fraction of sp³-hybridized carbons (Fsp3) is 0.389. The lowest BCUT2D eigenvalue weighted by molar-refractivity contribution is 0.135. The van der Waals surface area contributed by atoms with Crippen molar-refractivity contribution < 1.29 is 9.18 Å². The molecule has 1 fully saturated rings. The van der Waals surface area contributed by atoms with Gasteiger partial charge in [0.1, 0.15) is 5.82 Å². The van der Waals surface area contributed by atoms with E-state index in [-0.39, 0.29) is 11.8 Å². The van der Waals surface area contributed by atoms with Crippen molar-refractivity contribution in [2.24, 2.45) is 0 Å². The molecule has 0 radical (unpaired) electrons. The predicted octanol–water partition coefficient (Wildman–Crippen LogP) is 3.22. The molecule has 0 aliphatic carbocycles. The summed E-state index contributed by atoms with van der Waals surface area (Å²) in [6.45, 7) is 6.24. The first-order valence-corrected chi connectivity index (χ1v) is 9.02. The fourth-order valence-corrected chi connectivity index (χ4v) is 3.51. The molecule has 1 saturated heterocycles. The maximum absolute atomic E-state index is 13.5. The SMILES string of the molecule is Cc1ccc(CNC(=O)N2CCN(Cc3cccs3)CC2)cc1F. The van der Waals surface area contributed by atoms with E-state index in [4.69, 9.17) is 0 Å². The van der Waals surface area contributed by atoms with Gasteiger partial charge in [0.05, 0.1) is 0 Å². The molecule has 1 aromatic heterocycles. The Hall–Kier alpha value is -1.92. The van der Waals surface area contributed by atoms with Crippen molar-refractivity contribution in [3.8, 4) is 0 Å². The monoisotopic (exact) mass is 347 g/mol. The topological polar surface area (TPSA) is 35.6 Å². The molecule has 128 valence electrons. The number of rotatable bonds is 4. The third-order valence-corrected chi connectivity index (χ3v) is 5.16. The third-order valence-electron chi connectivity index (χ3n) is 4.30. The number of amides is 2. The lowest BCUT2D eigenvalue weighted by Crippen LogP contribution is -2.51. The van der Waals surface area contributed by atoms with Crippen molar-refractivity contribution in [3.05, 3.63) is 57.5 Å². The first kappa shape index (κ1) is 16.9. The van der Waals surface area contributed by atoms with Gasteiger partial charge in [0.15, 0.2) is 0 Å². The number of carbonyl (C=O) groups excluding carboxylic acids is 1. The minimum atomic E-state index is -0.232. The van der Waals surface area contributed by atoms with Gasteiger partial charge in [-0.15, -0.1) is 11.3 Å². The molecule has 6 heteroatoms. The van der Waals surface area contributed by atoms with E-state index in [0.29, 0.717) is 12.1 Å². The van der Waals surface area contributed by atoms with Gasteiger partial charge < -0.3 is 10.2 Å². The number of thiophene rings is 1. The van der Waals surface area contributed by atoms with Gasteiger partial charge in [0.25, 0.3) is 0 Å². The molecule has 2 heterocycles. The minimum absolute atomic E-state index is 0.0771. The number of urea groups is 1. The molecule has 2 aromatic rings. The molecular formula is C18H22FN3OS. The van der Waals surface area contributed by atoms with Crippen LogP contribution in [0.4, 0.5) is 9.18 Å². The molecule has 1 aromatic carbocycles. The standard InChI is InChI=1S/C18H22FN3OS/c1-14-4-5-15(11-17(14)19)12-20-18(23)22-8-6-21(7-9-22)13-16-3-2-10-24-16/h2-5,10-11H,6-9,12-13H2,1H3,(H,20,23). The first-order chi connectivity index (χ1) is 11.6. The van der Waals surface area contributed by atoms with Crippen LogP contribution in [0.25, 0.3) is 0 Å². The summed E-state index contributed by atoms with van der Waals surface area (Å²) in [6, 6.07) is 9.20. The summed E-state index contributed by atoms with van der Waals surface area (Å²) in [5.41, 5.74) is 1.40. The molecule has 0 spiro atoms. The summed E-state index contributed by atoms with van der Waals surface area (Å²) in [7, 11) is 0. The van der Waals surface area contributed by atoms with E-state index in [1.807, 2.05) is 11.0 Å². The molecule has 0 bridgehead atoms. The van der Waals surface area contributed by atoms with Gasteiger partial charge in [-0.3, -0.25) is 4.90 Å². The van der Waals surface area contributed by atoms with Crippen LogP contribution < -0.4 is 5.32 Å². The van der Waals surface area contributed by atoms with Gasteiger partial charge in [0.2, 0.25) is 0 Å². The summed E-state index contributed by atoms with van der Waals surface area (Å²) in [4.78, 5) is 17.8. The van der Waals surface area contributed by atoms with Crippen LogP contribution in [-0.4, -0.2) is 42.0 Å². The van der Waals surface area contributed by atoms with E-state index in [9.17, 15) is 9.18 Å². The molecule has 4 nitrogen and oxygen atoms in total. The molecule has 1 aliphatic rings. The summed E-state index contributed by atoms with van der Waals surface area (Å²) in [6.07, 6.45) is 0. The number of hydrogen-bond acceptors (Lipinski definition) is 3. The number of piperazine rings is 1. The molecule has 0 unspecified atom stereocenters. The Kier molecular flexibility index (Phi) is 5.48. The smallest absolute Gasteiger partial charge is 0.317 e. The Morgan fingerprint density at radius 1 is 1.25 bits per heavy atom. The molecule has 1 aliphatic heterocycles. The van der Waals surface area contributed by atoms with Crippen molar-refractivity contribution >= 4 is 17.4 Å². The van der Waals surface area contributed by atoms with E-state index in [1.165, 1.54) is 10.9 Å². The molecule has 0 atom stereocenters. The highest BCUT2D eigenvalue weighted by Gasteiger charge is 2.21. The maximum Gasteiger partial charge on any atom is 0.317 e. The zero-order chi connectivity index (χ0) is 16.9. The second kappa shape index (κ2) is 7.77. The number of halogens is 1. The highest BCUT2D eigenvalue weighted by molar-refractivity contribution is 7.09.